The lowest BCUT2D eigenvalue weighted by Crippen LogP contribution is -2.10. The quantitative estimate of drug-likeness (QED) is 0.595. The van der Waals surface area contributed by atoms with Gasteiger partial charge in [-0.1, -0.05) is 39.3 Å². The molecule has 0 aromatic rings. The second-order valence-corrected chi connectivity index (χ2v) is 4.84. The first-order valence-corrected chi connectivity index (χ1v) is 8.45. The van der Waals surface area contributed by atoms with Crippen LogP contribution in [0.5, 0.6) is 0 Å². The number of rotatable bonds is 5. The van der Waals surface area contributed by atoms with Gasteiger partial charge in [0.05, 0.1) is 6.54 Å². The van der Waals surface area contributed by atoms with Crippen molar-refractivity contribution in [3.05, 3.63) is 22.9 Å². The van der Waals surface area contributed by atoms with E-state index in [2.05, 4.69) is 5.09 Å². The molecule has 0 spiro atoms. The maximum atomic E-state index is 10.1. The highest BCUT2D eigenvalue weighted by molar-refractivity contribution is 7.49. The fourth-order valence-corrected chi connectivity index (χ4v) is 2.10. The van der Waals surface area contributed by atoms with Gasteiger partial charge in [-0.2, -0.15) is 0 Å². The average molecular weight is 294 g/mol. The largest absolute Gasteiger partial charge is 0.463 e. The lowest BCUT2D eigenvalue weighted by molar-refractivity contribution is -0.106. The number of carbonyl (C=O) groups excluding carboxylic acids is 1. The molecule has 0 radical (unpaired) electrons. The molecular weight excluding hydrogens is 269 g/mol. The Labute approximate surface area is 118 Å². The molecule has 0 saturated carbocycles. The average Bonchev–Trinajstić information content (AvgIpc) is 2.43. The van der Waals surface area contributed by atoms with Gasteiger partial charge in [-0.05, 0) is 18.6 Å². The minimum atomic E-state index is -0.745. The van der Waals surface area contributed by atoms with Gasteiger partial charge in [-0.25, -0.2) is 0 Å². The normalized spacial score (nSPS) is 14.8. The van der Waals surface area contributed by atoms with Crippen LogP contribution >= 0.6 is 19.9 Å². The molecule has 0 fully saturated rings. The van der Waals surface area contributed by atoms with E-state index in [1.807, 2.05) is 46.5 Å². The molecule has 0 aromatic heterocycles. The molecule has 0 aliphatic heterocycles. The molecule has 0 bridgehead atoms. The molecule has 0 amide bonds. The maximum absolute atomic E-state index is 10.1. The molecule has 1 atom stereocenters. The summed E-state index contributed by atoms with van der Waals surface area (Å²) < 4.78 is 5.59. The number of hydrogen-bond acceptors (Lipinski definition) is 3. The molecule has 1 aliphatic rings. The minimum absolute atomic E-state index is 0.339. The van der Waals surface area contributed by atoms with Crippen molar-refractivity contribution in [3.8, 4) is 0 Å². The molecule has 0 aromatic carbocycles. The zero-order valence-corrected chi connectivity index (χ0v) is 13.6. The summed E-state index contributed by atoms with van der Waals surface area (Å²) in [5.74, 6) is 0.932. The Hall–Kier alpha value is -0.370. The second kappa shape index (κ2) is 14.7. The molecule has 0 saturated heterocycles. The molecule has 1 aliphatic carbocycles. The fraction of sp³-hybridized carbons (Fsp3) is 0.615. The van der Waals surface area contributed by atoms with Crippen molar-refractivity contribution in [2.75, 3.05) is 13.2 Å². The second-order valence-electron chi connectivity index (χ2n) is 2.86. The molecule has 1 N–H and O–H groups in total. The van der Waals surface area contributed by atoms with Gasteiger partial charge in [0.2, 0.25) is 0 Å². The Kier molecular flexibility index (Phi) is 16.3. The third-order valence-corrected chi connectivity index (χ3v) is 3.16. The lowest BCUT2D eigenvalue weighted by atomic mass is 10.2. The lowest BCUT2D eigenvalue weighted by Gasteiger charge is -2.18. The summed E-state index contributed by atoms with van der Waals surface area (Å²) in [5.41, 5.74) is 0. The standard InChI is InChI=1S/C9H13ClNO2P.2C2H6/c1-14(11-6-7-12)13-9-4-2-8(10)3-5-9;2*1-2/h2,4,7,11H,3,5-6H2,1H3;2*1-2H3. The molecule has 106 valence electrons. The van der Waals surface area contributed by atoms with Gasteiger partial charge in [0, 0.05) is 18.1 Å². The van der Waals surface area contributed by atoms with Crippen molar-refractivity contribution < 1.29 is 9.32 Å². The van der Waals surface area contributed by atoms with E-state index < -0.39 is 8.30 Å². The van der Waals surface area contributed by atoms with E-state index in [0.717, 1.165) is 29.9 Å². The Morgan fingerprint density at radius 3 is 2.39 bits per heavy atom. The topological polar surface area (TPSA) is 38.3 Å². The van der Waals surface area contributed by atoms with Crippen molar-refractivity contribution in [2.24, 2.45) is 0 Å². The highest BCUT2D eigenvalue weighted by atomic mass is 35.5. The minimum Gasteiger partial charge on any atom is -0.463 e. The van der Waals surface area contributed by atoms with Crippen molar-refractivity contribution >= 4 is 26.2 Å². The SMILES string of the molecule is CC.CC.CP(NCC=O)OC1=CC=C(Cl)CC1. The van der Waals surface area contributed by atoms with Gasteiger partial charge in [-0.3, -0.25) is 5.09 Å². The highest BCUT2D eigenvalue weighted by Gasteiger charge is 2.09. The van der Waals surface area contributed by atoms with Crippen molar-refractivity contribution in [1.29, 1.82) is 0 Å². The zero-order chi connectivity index (χ0) is 14.4. The number of allylic oxidation sites excluding steroid dienone is 4. The molecule has 18 heavy (non-hydrogen) atoms. The van der Waals surface area contributed by atoms with Crippen LogP contribution in [0.2, 0.25) is 0 Å². The Morgan fingerprint density at radius 2 is 1.94 bits per heavy atom. The third kappa shape index (κ3) is 10.8. The van der Waals surface area contributed by atoms with E-state index in [1.54, 1.807) is 0 Å². The van der Waals surface area contributed by atoms with Gasteiger partial charge >= 0.3 is 0 Å². The van der Waals surface area contributed by atoms with Gasteiger partial charge < -0.3 is 9.32 Å². The molecule has 0 heterocycles. The maximum Gasteiger partial charge on any atom is 0.157 e. The summed E-state index contributed by atoms with van der Waals surface area (Å²) in [5, 5.41) is 3.83. The van der Waals surface area contributed by atoms with Crippen molar-refractivity contribution in [2.45, 2.75) is 40.5 Å². The van der Waals surface area contributed by atoms with Crippen LogP contribution in [-0.4, -0.2) is 19.5 Å². The van der Waals surface area contributed by atoms with Crippen LogP contribution in [0.1, 0.15) is 40.5 Å². The van der Waals surface area contributed by atoms with Gasteiger partial charge in [0.15, 0.2) is 8.30 Å². The number of hydrogen-bond donors (Lipinski definition) is 1. The number of aldehydes is 1. The Morgan fingerprint density at radius 1 is 1.33 bits per heavy atom. The van der Waals surface area contributed by atoms with E-state index >= 15 is 0 Å². The highest BCUT2D eigenvalue weighted by Crippen LogP contribution is 2.34. The Balaban J connectivity index is 0. The first-order valence-electron chi connectivity index (χ1n) is 6.36. The monoisotopic (exact) mass is 293 g/mol. The van der Waals surface area contributed by atoms with Gasteiger partial charge in [-0.15, -0.1) is 0 Å². The van der Waals surface area contributed by atoms with Crippen LogP contribution < -0.4 is 5.09 Å². The van der Waals surface area contributed by atoms with Crippen LogP contribution in [0.15, 0.2) is 22.9 Å². The molecule has 1 unspecified atom stereocenters. The molecular formula is C13H25ClNO2P. The Bertz CT molecular complexity index is 268. The third-order valence-electron chi connectivity index (χ3n) is 1.71. The van der Waals surface area contributed by atoms with E-state index in [-0.39, 0.29) is 0 Å². The van der Waals surface area contributed by atoms with Crippen LogP contribution in [-0.2, 0) is 9.32 Å². The van der Waals surface area contributed by atoms with Crippen LogP contribution in [0.25, 0.3) is 0 Å². The van der Waals surface area contributed by atoms with E-state index in [1.165, 1.54) is 0 Å². The van der Waals surface area contributed by atoms with Crippen LogP contribution in [0, 0.1) is 0 Å². The summed E-state index contributed by atoms with van der Waals surface area (Å²) in [7, 11) is -0.745. The zero-order valence-electron chi connectivity index (χ0n) is 12.0. The van der Waals surface area contributed by atoms with Crippen LogP contribution in [0.4, 0.5) is 0 Å². The van der Waals surface area contributed by atoms with Crippen molar-refractivity contribution in [1.82, 2.24) is 5.09 Å². The summed E-state index contributed by atoms with van der Waals surface area (Å²) in [6.45, 7) is 10.3. The fourth-order valence-electron chi connectivity index (χ4n) is 1.04. The smallest absolute Gasteiger partial charge is 0.157 e. The predicted octanol–water partition coefficient (Wildman–Crippen LogP) is 4.59. The van der Waals surface area contributed by atoms with E-state index in [9.17, 15) is 4.79 Å². The number of halogens is 1. The first-order chi connectivity index (χ1) is 8.72. The van der Waals surface area contributed by atoms with Crippen molar-refractivity contribution in [3.63, 3.8) is 0 Å². The van der Waals surface area contributed by atoms with E-state index in [4.69, 9.17) is 16.1 Å². The number of carbonyl (C=O) groups is 1. The molecule has 1 rings (SSSR count). The van der Waals surface area contributed by atoms with Gasteiger partial charge in [0.25, 0.3) is 0 Å². The summed E-state index contributed by atoms with van der Waals surface area (Å²) >= 11 is 5.81. The molecule has 5 heteroatoms. The summed E-state index contributed by atoms with van der Waals surface area (Å²) in [6.07, 6.45) is 6.24. The van der Waals surface area contributed by atoms with Gasteiger partial charge in [0.1, 0.15) is 12.0 Å². The summed E-state index contributed by atoms with van der Waals surface area (Å²) in [6, 6.07) is 0. The predicted molar refractivity (Wildman–Crippen MR) is 81.9 cm³/mol. The molecule has 3 nitrogen and oxygen atoms in total. The van der Waals surface area contributed by atoms with Crippen LogP contribution in [0.3, 0.4) is 0 Å². The first kappa shape index (κ1) is 20.0. The van der Waals surface area contributed by atoms with E-state index in [0.29, 0.717) is 6.54 Å². The number of nitrogens with one attached hydrogen (secondary N) is 1. The summed E-state index contributed by atoms with van der Waals surface area (Å²) in [4.78, 5) is 10.1.